The summed E-state index contributed by atoms with van der Waals surface area (Å²) in [6.07, 6.45) is 0.868. The van der Waals surface area contributed by atoms with Gasteiger partial charge in [-0.2, -0.15) is 5.10 Å². The number of nitrogen functional groups attached to an aromatic ring is 1. The van der Waals surface area contributed by atoms with Crippen molar-refractivity contribution < 1.29 is 4.39 Å². The number of rotatable bonds is 2. The highest BCUT2D eigenvalue weighted by Gasteiger charge is 2.17. The topological polar surface area (TPSA) is 43.8 Å². The van der Waals surface area contributed by atoms with Gasteiger partial charge < -0.3 is 5.73 Å². The quantitative estimate of drug-likeness (QED) is 0.735. The van der Waals surface area contributed by atoms with Crippen LogP contribution in [-0.2, 0) is 7.05 Å². The number of nitrogens with zero attached hydrogens (tertiary/aromatic N) is 2. The van der Waals surface area contributed by atoms with Crippen molar-refractivity contribution in [2.45, 2.75) is 26.2 Å². The number of nitrogens with two attached hydrogens (primary N) is 1. The maximum absolute atomic E-state index is 13.3. The van der Waals surface area contributed by atoms with Gasteiger partial charge in [-0.15, -0.1) is 0 Å². The molecule has 0 aliphatic heterocycles. The molecule has 3 nitrogen and oxygen atoms in total. The van der Waals surface area contributed by atoms with E-state index in [2.05, 4.69) is 5.10 Å². The first-order chi connectivity index (χ1) is 5.57. The second-order valence-corrected chi connectivity index (χ2v) is 3.02. The number of hydrogen-bond acceptors (Lipinski definition) is 2. The maximum Gasteiger partial charge on any atom is 0.188 e. The van der Waals surface area contributed by atoms with Crippen molar-refractivity contribution in [1.82, 2.24) is 9.78 Å². The van der Waals surface area contributed by atoms with E-state index in [9.17, 15) is 4.39 Å². The van der Waals surface area contributed by atoms with E-state index in [1.54, 1.807) is 7.05 Å². The first kappa shape index (κ1) is 9.03. The van der Waals surface area contributed by atoms with Crippen LogP contribution in [0, 0.1) is 5.82 Å². The SMILES string of the molecule is CCC(C)c1nn(C)c(N)c1F. The van der Waals surface area contributed by atoms with Crippen molar-refractivity contribution >= 4 is 5.82 Å². The van der Waals surface area contributed by atoms with Crippen LogP contribution in [0.1, 0.15) is 31.9 Å². The average molecular weight is 171 g/mol. The molecule has 0 fully saturated rings. The van der Waals surface area contributed by atoms with Crippen LogP contribution in [0.15, 0.2) is 0 Å². The Balaban J connectivity index is 3.08. The third-order valence-corrected chi connectivity index (χ3v) is 2.14. The Morgan fingerprint density at radius 2 is 2.25 bits per heavy atom. The zero-order valence-corrected chi connectivity index (χ0v) is 7.63. The van der Waals surface area contributed by atoms with Crippen molar-refractivity contribution in [3.05, 3.63) is 11.5 Å². The molecule has 1 heterocycles. The highest BCUT2D eigenvalue weighted by molar-refractivity contribution is 5.34. The predicted molar refractivity (Wildman–Crippen MR) is 46.3 cm³/mol. The van der Waals surface area contributed by atoms with Gasteiger partial charge in [-0.1, -0.05) is 13.8 Å². The Labute approximate surface area is 71.4 Å². The molecule has 0 saturated carbocycles. The highest BCUT2D eigenvalue weighted by atomic mass is 19.1. The zero-order valence-electron chi connectivity index (χ0n) is 7.63. The monoisotopic (exact) mass is 171 g/mol. The molecule has 1 unspecified atom stereocenters. The van der Waals surface area contributed by atoms with Gasteiger partial charge in [0.1, 0.15) is 5.69 Å². The third-order valence-electron chi connectivity index (χ3n) is 2.14. The van der Waals surface area contributed by atoms with Crippen LogP contribution in [0.5, 0.6) is 0 Å². The lowest BCUT2D eigenvalue weighted by atomic mass is 10.1. The fourth-order valence-corrected chi connectivity index (χ4v) is 1.04. The van der Waals surface area contributed by atoms with E-state index in [-0.39, 0.29) is 17.6 Å². The van der Waals surface area contributed by atoms with Crippen molar-refractivity contribution in [3.63, 3.8) is 0 Å². The van der Waals surface area contributed by atoms with Crippen LogP contribution >= 0.6 is 0 Å². The Hall–Kier alpha value is -1.06. The summed E-state index contributed by atoms with van der Waals surface area (Å²) in [6.45, 7) is 3.93. The number of aryl methyl sites for hydroxylation is 1. The normalized spacial score (nSPS) is 13.3. The Kier molecular flexibility index (Phi) is 2.35. The molecule has 2 N–H and O–H groups in total. The molecule has 0 saturated heterocycles. The van der Waals surface area contributed by atoms with Crippen molar-refractivity contribution in [3.8, 4) is 0 Å². The molecular weight excluding hydrogens is 157 g/mol. The van der Waals surface area contributed by atoms with Crippen LogP contribution < -0.4 is 5.73 Å². The smallest absolute Gasteiger partial charge is 0.188 e. The van der Waals surface area contributed by atoms with Crippen LogP contribution in [0.4, 0.5) is 10.2 Å². The lowest BCUT2D eigenvalue weighted by Gasteiger charge is -2.02. The molecule has 1 rings (SSSR count). The number of anilines is 1. The molecule has 0 spiro atoms. The summed E-state index contributed by atoms with van der Waals surface area (Å²) >= 11 is 0. The number of halogens is 1. The van der Waals surface area contributed by atoms with Gasteiger partial charge in [-0.05, 0) is 6.42 Å². The second kappa shape index (κ2) is 3.13. The highest BCUT2D eigenvalue weighted by Crippen LogP contribution is 2.23. The maximum atomic E-state index is 13.3. The fourth-order valence-electron chi connectivity index (χ4n) is 1.04. The van der Waals surface area contributed by atoms with E-state index in [0.29, 0.717) is 5.69 Å². The summed E-state index contributed by atoms with van der Waals surface area (Å²) in [5.74, 6) is -0.120. The molecule has 0 aromatic carbocycles. The Bertz CT molecular complexity index is 280. The molecule has 1 aromatic rings. The number of hydrogen-bond donors (Lipinski definition) is 1. The molecule has 0 bridgehead atoms. The van der Waals surface area contributed by atoms with Gasteiger partial charge in [0.25, 0.3) is 0 Å². The third kappa shape index (κ3) is 1.29. The lowest BCUT2D eigenvalue weighted by molar-refractivity contribution is 0.582. The van der Waals surface area contributed by atoms with Gasteiger partial charge in [-0.3, -0.25) is 4.68 Å². The van der Waals surface area contributed by atoms with Gasteiger partial charge in [0.05, 0.1) is 0 Å². The molecule has 4 heteroatoms. The number of aromatic nitrogens is 2. The zero-order chi connectivity index (χ0) is 9.30. The lowest BCUT2D eigenvalue weighted by Crippen LogP contribution is -1.98. The summed E-state index contributed by atoms with van der Waals surface area (Å²) in [5.41, 5.74) is 5.89. The molecule has 12 heavy (non-hydrogen) atoms. The van der Waals surface area contributed by atoms with Crippen molar-refractivity contribution in [1.29, 1.82) is 0 Å². The summed E-state index contributed by atoms with van der Waals surface area (Å²) in [4.78, 5) is 0. The fraction of sp³-hybridized carbons (Fsp3) is 0.625. The minimum Gasteiger partial charge on any atom is -0.381 e. The summed E-state index contributed by atoms with van der Waals surface area (Å²) in [6, 6.07) is 0. The first-order valence-electron chi connectivity index (χ1n) is 4.05. The van der Waals surface area contributed by atoms with E-state index in [1.807, 2.05) is 13.8 Å². The van der Waals surface area contributed by atoms with Crippen LogP contribution in [0.25, 0.3) is 0 Å². The van der Waals surface area contributed by atoms with Gasteiger partial charge in [0.2, 0.25) is 0 Å². The summed E-state index contributed by atoms with van der Waals surface area (Å²) in [7, 11) is 1.64. The van der Waals surface area contributed by atoms with E-state index >= 15 is 0 Å². The average Bonchev–Trinajstić information content (AvgIpc) is 2.32. The minimum absolute atomic E-state index is 0.116. The van der Waals surface area contributed by atoms with Gasteiger partial charge in [0, 0.05) is 13.0 Å². The summed E-state index contributed by atoms with van der Waals surface area (Å²) < 4.78 is 14.6. The molecule has 0 radical (unpaired) electrons. The molecule has 1 aromatic heterocycles. The van der Waals surface area contributed by atoms with E-state index < -0.39 is 0 Å². The Morgan fingerprint density at radius 1 is 1.67 bits per heavy atom. The summed E-state index contributed by atoms with van der Waals surface area (Å²) in [5, 5.41) is 4.00. The van der Waals surface area contributed by atoms with Crippen molar-refractivity contribution in [2.75, 3.05) is 5.73 Å². The molecule has 1 atom stereocenters. The van der Waals surface area contributed by atoms with Gasteiger partial charge in [0.15, 0.2) is 11.6 Å². The minimum atomic E-state index is -0.369. The Morgan fingerprint density at radius 3 is 2.58 bits per heavy atom. The van der Waals surface area contributed by atoms with E-state index in [1.165, 1.54) is 4.68 Å². The second-order valence-electron chi connectivity index (χ2n) is 3.02. The molecule has 0 aliphatic carbocycles. The van der Waals surface area contributed by atoms with E-state index in [4.69, 9.17) is 5.73 Å². The van der Waals surface area contributed by atoms with Crippen molar-refractivity contribution in [2.24, 2.45) is 7.05 Å². The van der Waals surface area contributed by atoms with Crippen LogP contribution in [-0.4, -0.2) is 9.78 Å². The van der Waals surface area contributed by atoms with Crippen LogP contribution in [0.2, 0.25) is 0 Å². The molecule has 0 amide bonds. The molecular formula is C8H14FN3. The molecule has 68 valence electrons. The largest absolute Gasteiger partial charge is 0.381 e. The van der Waals surface area contributed by atoms with Gasteiger partial charge >= 0.3 is 0 Å². The van der Waals surface area contributed by atoms with E-state index in [0.717, 1.165) is 6.42 Å². The van der Waals surface area contributed by atoms with Gasteiger partial charge in [-0.25, -0.2) is 4.39 Å². The molecule has 0 aliphatic rings. The first-order valence-corrected chi connectivity index (χ1v) is 4.05. The predicted octanol–water partition coefficient (Wildman–Crippen LogP) is 1.65. The standard InChI is InChI=1S/C8H14FN3/c1-4-5(2)7-6(9)8(10)12(3)11-7/h5H,4,10H2,1-3H3. The van der Waals surface area contributed by atoms with Crippen LogP contribution in [0.3, 0.4) is 0 Å².